The number of ether oxygens (including phenoxy) is 1. The van der Waals surface area contributed by atoms with E-state index in [1.165, 1.54) is 12.2 Å². The lowest BCUT2D eigenvalue weighted by Crippen LogP contribution is -2.28. The van der Waals surface area contributed by atoms with E-state index in [-0.39, 0.29) is 12.0 Å². The average molecular weight is 237 g/mol. The van der Waals surface area contributed by atoms with E-state index in [0.29, 0.717) is 13.0 Å². The summed E-state index contributed by atoms with van der Waals surface area (Å²) < 4.78 is 5.59. The molecule has 4 heteroatoms. The molecule has 1 atom stereocenters. The molecular formula is C13H19NO3. The number of hydrogen-bond donors (Lipinski definition) is 0. The quantitative estimate of drug-likeness (QED) is 0.710. The van der Waals surface area contributed by atoms with E-state index in [1.54, 1.807) is 7.05 Å². The molecule has 1 rings (SSSR count). The molecule has 0 heterocycles. The third kappa shape index (κ3) is 4.97. The van der Waals surface area contributed by atoms with Gasteiger partial charge in [-0.1, -0.05) is 30.3 Å². The van der Waals surface area contributed by atoms with Gasteiger partial charge in [0.05, 0.1) is 26.2 Å². The van der Waals surface area contributed by atoms with Crippen LogP contribution < -0.4 is 0 Å². The van der Waals surface area contributed by atoms with Gasteiger partial charge in [0.25, 0.3) is 0 Å². The van der Waals surface area contributed by atoms with Gasteiger partial charge in [-0.2, -0.15) is 0 Å². The first-order valence-electron chi connectivity index (χ1n) is 5.59. The first-order valence-corrected chi connectivity index (χ1v) is 5.59. The van der Waals surface area contributed by atoms with E-state index >= 15 is 0 Å². The second kappa shape index (κ2) is 7.04. The average Bonchev–Trinajstić information content (AvgIpc) is 2.36. The maximum Gasteiger partial charge on any atom is 0.248 e. The summed E-state index contributed by atoms with van der Waals surface area (Å²) in [7, 11) is 3.06. The summed E-state index contributed by atoms with van der Waals surface area (Å²) >= 11 is 0. The molecule has 0 aliphatic carbocycles. The molecule has 0 aromatic heterocycles. The van der Waals surface area contributed by atoms with Crippen LogP contribution in [0, 0.1) is 0 Å². The number of carbonyl (C=O) groups is 1. The lowest BCUT2D eigenvalue weighted by Gasteiger charge is -2.17. The molecule has 0 radical (unpaired) electrons. The summed E-state index contributed by atoms with van der Waals surface area (Å²) in [5.41, 5.74) is 1.10. The SMILES string of the molecule is CON(C)C(=O)CC(C)OCc1ccccc1. The fourth-order valence-corrected chi connectivity index (χ4v) is 1.35. The molecule has 0 saturated carbocycles. The summed E-state index contributed by atoms with van der Waals surface area (Å²) in [5.74, 6) is -0.0898. The Kier molecular flexibility index (Phi) is 5.66. The summed E-state index contributed by atoms with van der Waals surface area (Å²) in [5, 5.41) is 1.21. The number of nitrogens with zero attached hydrogens (tertiary/aromatic N) is 1. The molecular weight excluding hydrogens is 218 g/mol. The summed E-state index contributed by atoms with van der Waals surface area (Å²) in [6.45, 7) is 2.40. The van der Waals surface area contributed by atoms with Gasteiger partial charge in [-0.25, -0.2) is 5.06 Å². The Morgan fingerprint density at radius 1 is 1.35 bits per heavy atom. The number of amides is 1. The third-order valence-corrected chi connectivity index (χ3v) is 2.46. The number of rotatable bonds is 6. The van der Waals surface area contributed by atoms with Crippen molar-refractivity contribution >= 4 is 5.91 Å². The highest BCUT2D eigenvalue weighted by molar-refractivity contribution is 5.75. The van der Waals surface area contributed by atoms with Gasteiger partial charge in [0.2, 0.25) is 5.91 Å². The zero-order valence-electron chi connectivity index (χ0n) is 10.6. The van der Waals surface area contributed by atoms with Crippen LogP contribution >= 0.6 is 0 Å². The minimum atomic E-state index is -0.125. The van der Waals surface area contributed by atoms with Crippen molar-refractivity contribution in [1.29, 1.82) is 0 Å². The van der Waals surface area contributed by atoms with Crippen LogP contribution in [0.4, 0.5) is 0 Å². The number of hydroxylamine groups is 2. The van der Waals surface area contributed by atoms with Gasteiger partial charge in [0.15, 0.2) is 0 Å². The first kappa shape index (κ1) is 13.7. The Balaban J connectivity index is 2.30. The topological polar surface area (TPSA) is 38.8 Å². The molecule has 94 valence electrons. The molecule has 0 bridgehead atoms. The Bertz CT molecular complexity index is 340. The number of carbonyl (C=O) groups excluding carboxylic acids is 1. The zero-order valence-corrected chi connectivity index (χ0v) is 10.6. The molecule has 0 aliphatic rings. The van der Waals surface area contributed by atoms with Crippen molar-refractivity contribution in [1.82, 2.24) is 5.06 Å². The van der Waals surface area contributed by atoms with Crippen LogP contribution in [0.1, 0.15) is 18.9 Å². The smallest absolute Gasteiger partial charge is 0.248 e. The van der Waals surface area contributed by atoms with Crippen molar-refractivity contribution in [2.24, 2.45) is 0 Å². The van der Waals surface area contributed by atoms with Gasteiger partial charge in [-0.15, -0.1) is 0 Å². The number of benzene rings is 1. The molecule has 0 fully saturated rings. The van der Waals surface area contributed by atoms with Crippen LogP contribution in [0.5, 0.6) is 0 Å². The van der Waals surface area contributed by atoms with Crippen molar-refractivity contribution in [3.8, 4) is 0 Å². The van der Waals surface area contributed by atoms with Gasteiger partial charge in [0.1, 0.15) is 0 Å². The number of hydrogen-bond acceptors (Lipinski definition) is 3. The van der Waals surface area contributed by atoms with Crippen LogP contribution in [0.25, 0.3) is 0 Å². The Morgan fingerprint density at radius 3 is 2.59 bits per heavy atom. The second-order valence-corrected chi connectivity index (χ2v) is 3.89. The molecule has 1 amide bonds. The molecule has 0 aliphatic heterocycles. The Hall–Kier alpha value is -1.39. The van der Waals surface area contributed by atoms with Crippen molar-refractivity contribution < 1.29 is 14.4 Å². The van der Waals surface area contributed by atoms with E-state index in [4.69, 9.17) is 9.57 Å². The van der Waals surface area contributed by atoms with Crippen LogP contribution in [-0.2, 0) is 21.0 Å². The molecule has 17 heavy (non-hydrogen) atoms. The van der Waals surface area contributed by atoms with Crippen molar-refractivity contribution in [3.63, 3.8) is 0 Å². The predicted molar refractivity (Wildman–Crippen MR) is 65.1 cm³/mol. The standard InChI is InChI=1S/C13H19NO3/c1-11(9-13(15)14(2)16-3)17-10-12-7-5-4-6-8-12/h4-8,11H,9-10H2,1-3H3. The van der Waals surface area contributed by atoms with Crippen LogP contribution in [0.2, 0.25) is 0 Å². The van der Waals surface area contributed by atoms with E-state index in [1.807, 2.05) is 37.3 Å². The lowest BCUT2D eigenvalue weighted by atomic mass is 10.2. The molecule has 0 saturated heterocycles. The molecule has 1 unspecified atom stereocenters. The molecule has 1 aromatic rings. The molecule has 0 N–H and O–H groups in total. The highest BCUT2D eigenvalue weighted by Crippen LogP contribution is 2.06. The minimum Gasteiger partial charge on any atom is -0.373 e. The monoisotopic (exact) mass is 237 g/mol. The first-order chi connectivity index (χ1) is 8.13. The normalized spacial score (nSPS) is 12.2. The van der Waals surface area contributed by atoms with Gasteiger partial charge in [-0.05, 0) is 12.5 Å². The van der Waals surface area contributed by atoms with E-state index < -0.39 is 0 Å². The third-order valence-electron chi connectivity index (χ3n) is 2.46. The summed E-state index contributed by atoms with van der Waals surface area (Å²) in [6.07, 6.45) is 0.192. The van der Waals surface area contributed by atoms with Crippen molar-refractivity contribution in [2.45, 2.75) is 26.1 Å². The fourth-order valence-electron chi connectivity index (χ4n) is 1.35. The summed E-state index contributed by atoms with van der Waals surface area (Å²) in [4.78, 5) is 16.3. The van der Waals surface area contributed by atoms with Crippen LogP contribution in [0.3, 0.4) is 0 Å². The Morgan fingerprint density at radius 2 is 2.00 bits per heavy atom. The van der Waals surface area contributed by atoms with E-state index in [9.17, 15) is 4.79 Å². The summed E-state index contributed by atoms with van der Waals surface area (Å²) in [6, 6.07) is 9.88. The maximum atomic E-state index is 11.5. The zero-order chi connectivity index (χ0) is 12.7. The Labute approximate surface area is 102 Å². The van der Waals surface area contributed by atoms with Gasteiger partial charge in [-0.3, -0.25) is 9.63 Å². The van der Waals surface area contributed by atoms with Crippen LogP contribution in [0.15, 0.2) is 30.3 Å². The maximum absolute atomic E-state index is 11.5. The highest BCUT2D eigenvalue weighted by Gasteiger charge is 2.13. The molecule has 1 aromatic carbocycles. The van der Waals surface area contributed by atoms with E-state index in [2.05, 4.69) is 0 Å². The van der Waals surface area contributed by atoms with Gasteiger partial charge >= 0.3 is 0 Å². The minimum absolute atomic E-state index is 0.0898. The van der Waals surface area contributed by atoms with Gasteiger partial charge < -0.3 is 4.74 Å². The van der Waals surface area contributed by atoms with Crippen molar-refractivity contribution in [3.05, 3.63) is 35.9 Å². The lowest BCUT2D eigenvalue weighted by molar-refractivity contribution is -0.171. The second-order valence-electron chi connectivity index (χ2n) is 3.89. The largest absolute Gasteiger partial charge is 0.373 e. The predicted octanol–water partition coefficient (Wildman–Crippen LogP) is 2.00. The van der Waals surface area contributed by atoms with E-state index in [0.717, 1.165) is 5.56 Å². The molecule has 0 spiro atoms. The van der Waals surface area contributed by atoms with Crippen LogP contribution in [-0.4, -0.2) is 31.2 Å². The van der Waals surface area contributed by atoms with Crippen molar-refractivity contribution in [2.75, 3.05) is 14.2 Å². The van der Waals surface area contributed by atoms with Gasteiger partial charge in [0, 0.05) is 7.05 Å². The highest BCUT2D eigenvalue weighted by atomic mass is 16.7. The molecule has 4 nitrogen and oxygen atoms in total. The fraction of sp³-hybridized carbons (Fsp3) is 0.462.